The molecule has 27 heavy (non-hydrogen) atoms. The van der Waals surface area contributed by atoms with Crippen molar-refractivity contribution in [1.29, 1.82) is 0 Å². The Morgan fingerprint density at radius 2 is 2.04 bits per heavy atom. The minimum atomic E-state index is -3.72. The van der Waals surface area contributed by atoms with Crippen LogP contribution in [0.15, 0.2) is 57.4 Å². The molecule has 0 spiro atoms. The molecule has 8 heteroatoms. The Kier molecular flexibility index (Phi) is 4.63. The molecule has 1 aromatic carbocycles. The van der Waals surface area contributed by atoms with Crippen molar-refractivity contribution < 1.29 is 12.9 Å². The van der Waals surface area contributed by atoms with Crippen LogP contribution in [-0.2, 0) is 10.0 Å². The fourth-order valence-electron chi connectivity index (χ4n) is 3.36. The van der Waals surface area contributed by atoms with E-state index >= 15 is 0 Å². The highest BCUT2D eigenvalue weighted by Crippen LogP contribution is 2.33. The van der Waals surface area contributed by atoms with Gasteiger partial charge in [0.15, 0.2) is 5.76 Å². The molecule has 4 aromatic rings. The Balaban J connectivity index is 1.69. The molecule has 0 radical (unpaired) electrons. The Hall–Kier alpha value is -2.42. The zero-order chi connectivity index (χ0) is 19.0. The maximum absolute atomic E-state index is 12.8. The number of para-hydroxylation sites is 1. The number of nitrogens with zero attached hydrogens (tertiary/aromatic N) is 1. The lowest BCUT2D eigenvalue weighted by molar-refractivity contribution is 0.390. The fourth-order valence-corrected chi connectivity index (χ4v) is 5.58. The van der Waals surface area contributed by atoms with Crippen molar-refractivity contribution in [1.82, 2.24) is 14.9 Å². The van der Waals surface area contributed by atoms with Gasteiger partial charge in [0.05, 0.1) is 0 Å². The van der Waals surface area contributed by atoms with Crippen LogP contribution in [0.5, 0.6) is 0 Å². The van der Waals surface area contributed by atoms with E-state index < -0.39 is 10.0 Å². The summed E-state index contributed by atoms with van der Waals surface area (Å²) < 4.78 is 33.4. The maximum Gasteiger partial charge on any atom is 0.245 e. The standard InChI is InChI=1S/C19H19N3O3S2/c1-12-19(13(2)25-22-12)27(23,24)21-11-16(18-8-5-9-26-18)15-10-20-17-7-4-3-6-14(15)17/h3-10,16,20-21H,11H2,1-2H3/t16-/m1/s1. The van der Waals surface area contributed by atoms with Gasteiger partial charge in [-0.3, -0.25) is 0 Å². The van der Waals surface area contributed by atoms with Crippen molar-refractivity contribution in [2.24, 2.45) is 0 Å². The average molecular weight is 402 g/mol. The molecular weight excluding hydrogens is 382 g/mol. The third-order valence-electron chi connectivity index (χ3n) is 4.60. The van der Waals surface area contributed by atoms with E-state index in [4.69, 9.17) is 4.52 Å². The van der Waals surface area contributed by atoms with E-state index in [0.29, 0.717) is 11.5 Å². The molecule has 3 heterocycles. The summed E-state index contributed by atoms with van der Waals surface area (Å²) in [5.74, 6) is 0.191. The van der Waals surface area contributed by atoms with Crippen LogP contribution in [0.25, 0.3) is 10.9 Å². The second-order valence-electron chi connectivity index (χ2n) is 6.36. The molecule has 2 N–H and O–H groups in total. The van der Waals surface area contributed by atoms with Crippen LogP contribution in [0.3, 0.4) is 0 Å². The van der Waals surface area contributed by atoms with Crippen LogP contribution in [0.1, 0.15) is 27.8 Å². The van der Waals surface area contributed by atoms with Crippen LogP contribution in [0, 0.1) is 13.8 Å². The molecule has 6 nitrogen and oxygen atoms in total. The van der Waals surface area contributed by atoms with E-state index in [9.17, 15) is 8.42 Å². The molecule has 0 fully saturated rings. The van der Waals surface area contributed by atoms with Gasteiger partial charge in [0.2, 0.25) is 10.0 Å². The summed E-state index contributed by atoms with van der Waals surface area (Å²) >= 11 is 1.61. The predicted octanol–water partition coefficient (Wildman–Crippen LogP) is 3.94. The largest absolute Gasteiger partial charge is 0.361 e. The molecule has 140 valence electrons. The smallest absolute Gasteiger partial charge is 0.245 e. The van der Waals surface area contributed by atoms with E-state index in [1.165, 1.54) is 0 Å². The minimum absolute atomic E-state index is 0.101. The summed E-state index contributed by atoms with van der Waals surface area (Å²) in [5.41, 5.74) is 2.46. The zero-order valence-electron chi connectivity index (χ0n) is 14.9. The van der Waals surface area contributed by atoms with Gasteiger partial charge in [0.1, 0.15) is 10.6 Å². The van der Waals surface area contributed by atoms with E-state index in [-0.39, 0.29) is 17.4 Å². The van der Waals surface area contributed by atoms with Crippen molar-refractivity contribution in [3.8, 4) is 0 Å². The lowest BCUT2D eigenvalue weighted by atomic mass is 9.97. The van der Waals surface area contributed by atoms with Gasteiger partial charge in [0, 0.05) is 34.4 Å². The molecule has 0 saturated heterocycles. The third-order valence-corrected chi connectivity index (χ3v) is 7.25. The first-order chi connectivity index (χ1) is 13.0. The number of aromatic nitrogens is 2. The molecule has 0 saturated carbocycles. The minimum Gasteiger partial charge on any atom is -0.361 e. The third kappa shape index (κ3) is 3.31. The number of hydrogen-bond donors (Lipinski definition) is 2. The lowest BCUT2D eigenvalue weighted by Crippen LogP contribution is -2.29. The molecule has 0 aliphatic rings. The number of fused-ring (bicyclic) bond motifs is 1. The highest BCUT2D eigenvalue weighted by atomic mass is 32.2. The summed E-state index contributed by atoms with van der Waals surface area (Å²) in [4.78, 5) is 4.49. The molecule has 4 rings (SSSR count). The second kappa shape index (κ2) is 6.95. The SMILES string of the molecule is Cc1noc(C)c1S(=O)(=O)NC[C@@H](c1cccs1)c1c[nH]c2ccccc12. The number of thiophene rings is 1. The average Bonchev–Trinajstić information content (AvgIpc) is 3.37. The number of sulfonamides is 1. The molecule has 0 aliphatic carbocycles. The summed E-state index contributed by atoms with van der Waals surface area (Å²) in [6.45, 7) is 3.47. The number of benzene rings is 1. The lowest BCUT2D eigenvalue weighted by Gasteiger charge is -2.16. The second-order valence-corrected chi connectivity index (χ2v) is 9.05. The van der Waals surface area contributed by atoms with Crippen molar-refractivity contribution in [2.75, 3.05) is 6.54 Å². The maximum atomic E-state index is 12.8. The van der Waals surface area contributed by atoms with Crippen LogP contribution in [0.4, 0.5) is 0 Å². The molecular formula is C19H19N3O3S2. The fraction of sp³-hybridized carbons (Fsp3) is 0.211. The highest BCUT2D eigenvalue weighted by molar-refractivity contribution is 7.89. The number of nitrogens with one attached hydrogen (secondary N) is 2. The van der Waals surface area contributed by atoms with Crippen LogP contribution in [-0.4, -0.2) is 25.1 Å². The highest BCUT2D eigenvalue weighted by Gasteiger charge is 2.27. The Labute approximate surface area is 161 Å². The first-order valence-electron chi connectivity index (χ1n) is 8.49. The molecule has 0 aliphatic heterocycles. The summed E-state index contributed by atoms with van der Waals surface area (Å²) in [7, 11) is -3.72. The normalized spacial score (nSPS) is 13.3. The summed E-state index contributed by atoms with van der Waals surface area (Å²) in [6.07, 6.45) is 1.96. The van der Waals surface area contributed by atoms with Crippen LogP contribution < -0.4 is 4.72 Å². The van der Waals surface area contributed by atoms with Gasteiger partial charge in [-0.15, -0.1) is 11.3 Å². The Morgan fingerprint density at radius 1 is 1.22 bits per heavy atom. The first-order valence-corrected chi connectivity index (χ1v) is 10.9. The van der Waals surface area contributed by atoms with E-state index in [1.807, 2.05) is 48.0 Å². The predicted molar refractivity (Wildman–Crippen MR) is 106 cm³/mol. The number of aryl methyl sites for hydroxylation is 2. The van der Waals surface area contributed by atoms with Gasteiger partial charge in [-0.05, 0) is 36.9 Å². The zero-order valence-corrected chi connectivity index (χ0v) is 16.5. The Bertz CT molecular complexity index is 1150. The summed E-state index contributed by atoms with van der Waals surface area (Å²) in [5, 5.41) is 6.84. The molecule has 3 aromatic heterocycles. The molecule has 0 unspecified atom stereocenters. The van der Waals surface area contributed by atoms with Gasteiger partial charge in [0.25, 0.3) is 0 Å². The Morgan fingerprint density at radius 3 is 2.74 bits per heavy atom. The topological polar surface area (TPSA) is 88.0 Å². The first kappa shape index (κ1) is 18.0. The quantitative estimate of drug-likeness (QED) is 0.512. The number of aromatic amines is 1. The van der Waals surface area contributed by atoms with Gasteiger partial charge in [-0.25, -0.2) is 13.1 Å². The van der Waals surface area contributed by atoms with Crippen LogP contribution in [0.2, 0.25) is 0 Å². The van der Waals surface area contributed by atoms with Crippen molar-refractivity contribution in [3.05, 3.63) is 69.9 Å². The summed E-state index contributed by atoms with van der Waals surface area (Å²) in [6, 6.07) is 12.0. The van der Waals surface area contributed by atoms with Crippen molar-refractivity contribution in [2.45, 2.75) is 24.7 Å². The molecule has 0 bridgehead atoms. The van der Waals surface area contributed by atoms with E-state index in [0.717, 1.165) is 21.3 Å². The van der Waals surface area contributed by atoms with Gasteiger partial charge >= 0.3 is 0 Å². The van der Waals surface area contributed by atoms with Gasteiger partial charge in [-0.2, -0.15) is 0 Å². The van der Waals surface area contributed by atoms with Gasteiger partial charge < -0.3 is 9.51 Å². The monoisotopic (exact) mass is 401 g/mol. The molecule has 1 atom stereocenters. The number of rotatable bonds is 6. The van der Waals surface area contributed by atoms with Crippen molar-refractivity contribution in [3.63, 3.8) is 0 Å². The number of H-pyrrole nitrogens is 1. The van der Waals surface area contributed by atoms with Crippen LogP contribution >= 0.6 is 11.3 Å². The van der Waals surface area contributed by atoms with E-state index in [2.05, 4.69) is 14.9 Å². The van der Waals surface area contributed by atoms with Gasteiger partial charge in [-0.1, -0.05) is 29.4 Å². The molecule has 0 amide bonds. The van der Waals surface area contributed by atoms with E-state index in [1.54, 1.807) is 25.2 Å². The number of hydrogen-bond acceptors (Lipinski definition) is 5. The van der Waals surface area contributed by atoms with Crippen molar-refractivity contribution >= 4 is 32.3 Å².